The average molecular weight is 456 g/mol. The zero-order valence-electron chi connectivity index (χ0n) is 18.5. The van der Waals surface area contributed by atoms with Crippen molar-refractivity contribution in [2.45, 2.75) is 33.6 Å². The summed E-state index contributed by atoms with van der Waals surface area (Å²) < 4.78 is 6.11. The number of ether oxygens (including phenoxy) is 1. The van der Waals surface area contributed by atoms with Crippen molar-refractivity contribution in [3.8, 4) is 11.6 Å². The van der Waals surface area contributed by atoms with Gasteiger partial charge in [0.2, 0.25) is 5.88 Å². The molecule has 3 aromatic rings. The number of nitrogens with zero attached hydrogens (tertiary/aromatic N) is 2. The fraction of sp³-hybridized carbons (Fsp3) is 0.292. The number of aromatic amines is 1. The normalized spacial score (nSPS) is 13.7. The van der Waals surface area contributed by atoms with E-state index < -0.39 is 5.97 Å². The molecule has 0 bridgehead atoms. The average Bonchev–Trinajstić information content (AvgIpc) is 2.73. The molecule has 2 heterocycles. The number of hydrogen-bond donors (Lipinski definition) is 2. The highest BCUT2D eigenvalue weighted by molar-refractivity contribution is 6.30. The molecule has 0 spiro atoms. The van der Waals surface area contributed by atoms with Crippen LogP contribution in [0.5, 0.6) is 11.6 Å². The van der Waals surface area contributed by atoms with Crippen molar-refractivity contribution in [1.82, 2.24) is 9.97 Å². The summed E-state index contributed by atoms with van der Waals surface area (Å²) in [5.41, 5.74) is 3.35. The third-order valence-corrected chi connectivity index (χ3v) is 5.43. The number of anilines is 1. The van der Waals surface area contributed by atoms with Gasteiger partial charge in [0, 0.05) is 48.3 Å². The highest BCUT2D eigenvalue weighted by atomic mass is 35.5. The molecule has 2 N–H and O–H groups in total. The largest absolute Gasteiger partial charge is 0.481 e. The number of carbonyl (C=O) groups is 1. The minimum Gasteiger partial charge on any atom is -0.481 e. The monoisotopic (exact) mass is 455 g/mol. The Balaban J connectivity index is 0.000000668. The number of aliphatic carboxylic acids is 1. The number of fused-ring (bicyclic) bond motifs is 2. The Morgan fingerprint density at radius 2 is 1.81 bits per heavy atom. The standard InChI is InChI=1S/C22H22ClN3O2.C2H4O2/c1-4-26(5-2)16-10-11-17-18(12-16)28-22-20(21(27)24-13(3)25-22)19(17)14-6-8-15(23)9-7-14;1-2(3)4/h6-12,19H,4-5H2,1-3H3,(H,24,25,27);1H3,(H,3,4). The van der Waals surface area contributed by atoms with E-state index in [0.29, 0.717) is 22.3 Å². The van der Waals surface area contributed by atoms with Crippen molar-refractivity contribution in [2.24, 2.45) is 0 Å². The second-order valence-electron chi connectivity index (χ2n) is 7.37. The summed E-state index contributed by atoms with van der Waals surface area (Å²) in [7, 11) is 0. The lowest BCUT2D eigenvalue weighted by atomic mass is 9.84. The van der Waals surface area contributed by atoms with Crippen molar-refractivity contribution < 1.29 is 14.6 Å². The molecule has 1 unspecified atom stereocenters. The van der Waals surface area contributed by atoms with E-state index in [-0.39, 0.29) is 11.5 Å². The minimum absolute atomic E-state index is 0.180. The lowest BCUT2D eigenvalue weighted by Gasteiger charge is -2.29. The molecular formula is C24H26ClN3O4. The Hall–Kier alpha value is -3.32. The van der Waals surface area contributed by atoms with Crippen LogP contribution in [0, 0.1) is 6.92 Å². The Labute approximate surface area is 191 Å². The van der Waals surface area contributed by atoms with E-state index >= 15 is 0 Å². The quantitative estimate of drug-likeness (QED) is 0.451. The predicted molar refractivity (Wildman–Crippen MR) is 125 cm³/mol. The molecule has 2 aromatic carbocycles. The van der Waals surface area contributed by atoms with E-state index in [1.807, 2.05) is 36.4 Å². The van der Waals surface area contributed by atoms with Crippen LogP contribution in [0.2, 0.25) is 5.02 Å². The van der Waals surface area contributed by atoms with Crippen molar-refractivity contribution in [3.63, 3.8) is 0 Å². The van der Waals surface area contributed by atoms with Crippen LogP contribution in [-0.4, -0.2) is 34.1 Å². The number of aryl methyl sites for hydroxylation is 1. The first-order chi connectivity index (χ1) is 15.2. The summed E-state index contributed by atoms with van der Waals surface area (Å²) in [4.78, 5) is 31.3. The molecule has 0 saturated heterocycles. The zero-order chi connectivity index (χ0) is 23.4. The highest BCUT2D eigenvalue weighted by Crippen LogP contribution is 2.46. The van der Waals surface area contributed by atoms with Crippen LogP contribution < -0.4 is 15.2 Å². The van der Waals surface area contributed by atoms with Gasteiger partial charge in [-0.2, -0.15) is 4.98 Å². The molecule has 32 heavy (non-hydrogen) atoms. The van der Waals surface area contributed by atoms with Crippen LogP contribution in [-0.2, 0) is 4.79 Å². The van der Waals surface area contributed by atoms with Crippen LogP contribution in [0.15, 0.2) is 47.3 Å². The smallest absolute Gasteiger partial charge is 0.300 e. The second-order valence-corrected chi connectivity index (χ2v) is 7.81. The Morgan fingerprint density at radius 3 is 2.41 bits per heavy atom. The van der Waals surface area contributed by atoms with Crippen molar-refractivity contribution in [3.05, 3.63) is 80.4 Å². The van der Waals surface area contributed by atoms with Gasteiger partial charge in [-0.1, -0.05) is 29.8 Å². The number of H-pyrrole nitrogens is 1. The molecule has 7 nitrogen and oxygen atoms in total. The maximum atomic E-state index is 12.8. The van der Waals surface area contributed by atoms with Gasteiger partial charge in [-0.15, -0.1) is 0 Å². The summed E-state index contributed by atoms with van der Waals surface area (Å²) >= 11 is 6.08. The molecule has 8 heteroatoms. The van der Waals surface area contributed by atoms with Crippen LogP contribution in [0.4, 0.5) is 5.69 Å². The number of benzene rings is 2. The van der Waals surface area contributed by atoms with Crippen molar-refractivity contribution in [2.75, 3.05) is 18.0 Å². The lowest BCUT2D eigenvalue weighted by Crippen LogP contribution is -2.25. The molecule has 4 rings (SSSR count). The molecule has 168 valence electrons. The Morgan fingerprint density at radius 1 is 1.19 bits per heavy atom. The highest BCUT2D eigenvalue weighted by Gasteiger charge is 2.33. The minimum atomic E-state index is -0.833. The molecule has 0 amide bonds. The molecule has 1 aromatic heterocycles. The summed E-state index contributed by atoms with van der Waals surface area (Å²) in [6, 6.07) is 13.7. The van der Waals surface area contributed by atoms with E-state index in [4.69, 9.17) is 26.2 Å². The van der Waals surface area contributed by atoms with Gasteiger partial charge in [0.25, 0.3) is 11.5 Å². The van der Waals surface area contributed by atoms with Gasteiger partial charge in [0.05, 0.1) is 5.56 Å². The molecule has 1 atom stereocenters. The van der Waals surface area contributed by atoms with Crippen molar-refractivity contribution in [1.29, 1.82) is 0 Å². The first-order valence-corrected chi connectivity index (χ1v) is 10.7. The maximum absolute atomic E-state index is 12.8. The first-order valence-electron chi connectivity index (χ1n) is 10.4. The Bertz CT molecular complexity index is 1170. The molecule has 0 radical (unpaired) electrons. The van der Waals surface area contributed by atoms with Gasteiger partial charge in [-0.25, -0.2) is 0 Å². The molecule has 0 fully saturated rings. The first kappa shape index (κ1) is 23.3. The lowest BCUT2D eigenvalue weighted by molar-refractivity contribution is -0.134. The molecule has 1 aliphatic rings. The summed E-state index contributed by atoms with van der Waals surface area (Å²) in [5, 5.41) is 8.07. The number of hydrogen-bond acceptors (Lipinski definition) is 5. The summed E-state index contributed by atoms with van der Waals surface area (Å²) in [5.74, 6) is 0.528. The number of halogens is 1. The van der Waals surface area contributed by atoms with Crippen LogP contribution in [0.25, 0.3) is 0 Å². The van der Waals surface area contributed by atoms with E-state index in [2.05, 4.69) is 34.8 Å². The second kappa shape index (κ2) is 9.87. The van der Waals surface area contributed by atoms with Crippen molar-refractivity contribution >= 4 is 23.3 Å². The van der Waals surface area contributed by atoms with Gasteiger partial charge < -0.3 is 19.7 Å². The van der Waals surface area contributed by atoms with E-state index in [0.717, 1.165) is 42.6 Å². The molecule has 0 aliphatic carbocycles. The molecule has 1 aliphatic heterocycles. The topological polar surface area (TPSA) is 95.5 Å². The van der Waals surface area contributed by atoms with Gasteiger partial charge in [0.15, 0.2) is 0 Å². The predicted octanol–water partition coefficient (Wildman–Crippen LogP) is 4.95. The number of carboxylic acids is 1. The third-order valence-electron chi connectivity index (χ3n) is 5.17. The van der Waals surface area contributed by atoms with Crippen LogP contribution >= 0.6 is 11.6 Å². The maximum Gasteiger partial charge on any atom is 0.300 e. The van der Waals surface area contributed by atoms with Crippen LogP contribution in [0.1, 0.15) is 49.2 Å². The van der Waals surface area contributed by atoms with E-state index in [1.165, 1.54) is 0 Å². The summed E-state index contributed by atoms with van der Waals surface area (Å²) in [6.45, 7) is 8.90. The van der Waals surface area contributed by atoms with Crippen LogP contribution in [0.3, 0.4) is 0 Å². The summed E-state index contributed by atoms with van der Waals surface area (Å²) in [6.07, 6.45) is 0. The fourth-order valence-corrected chi connectivity index (χ4v) is 3.92. The van der Waals surface area contributed by atoms with Gasteiger partial charge >= 0.3 is 0 Å². The SMILES string of the molecule is CC(=O)O.CCN(CC)c1ccc2c(c1)Oc1nc(C)[nH]c(=O)c1C2c1ccc(Cl)cc1. The number of carboxylic acid groups (broad SMARTS) is 1. The number of aromatic nitrogens is 2. The van der Waals surface area contributed by atoms with Gasteiger partial charge in [0.1, 0.15) is 11.6 Å². The fourth-order valence-electron chi connectivity index (χ4n) is 3.80. The van der Waals surface area contributed by atoms with E-state index in [9.17, 15) is 4.79 Å². The van der Waals surface area contributed by atoms with Gasteiger partial charge in [-0.05, 0) is 44.5 Å². The van der Waals surface area contributed by atoms with Gasteiger partial charge in [-0.3, -0.25) is 9.59 Å². The van der Waals surface area contributed by atoms with E-state index in [1.54, 1.807) is 6.92 Å². The molecule has 0 saturated carbocycles. The Kier molecular flexibility index (Phi) is 7.20. The number of nitrogens with one attached hydrogen (secondary N) is 1. The number of rotatable bonds is 4. The zero-order valence-corrected chi connectivity index (χ0v) is 19.2. The third kappa shape index (κ3) is 4.94. The molecular weight excluding hydrogens is 430 g/mol.